The molecule has 1 fully saturated rings. The molecule has 1 aromatic rings. The fourth-order valence-electron chi connectivity index (χ4n) is 2.51. The summed E-state index contributed by atoms with van der Waals surface area (Å²) in [5.74, 6) is 1.55. The molecule has 1 atom stereocenters. The minimum atomic E-state index is -0.140. The van der Waals surface area contributed by atoms with E-state index in [0.29, 0.717) is 19.8 Å². The Morgan fingerprint density at radius 2 is 1.94 bits per heavy atom. The van der Waals surface area contributed by atoms with Crippen LogP contribution >= 0.6 is 0 Å². The van der Waals surface area contributed by atoms with Gasteiger partial charge in [0.2, 0.25) is 6.79 Å². The van der Waals surface area contributed by atoms with Gasteiger partial charge in [-0.3, -0.25) is 0 Å². The maximum absolute atomic E-state index is 6.38. The molecule has 0 amide bonds. The Morgan fingerprint density at radius 3 is 2.50 bits per heavy atom. The second-order valence-electron chi connectivity index (χ2n) is 5.10. The van der Waals surface area contributed by atoms with Crippen molar-refractivity contribution in [3.05, 3.63) is 23.3 Å². The van der Waals surface area contributed by atoms with E-state index in [4.69, 9.17) is 25.7 Å². The normalized spacial score (nSPS) is 21.5. The molecule has 0 bridgehead atoms. The summed E-state index contributed by atoms with van der Waals surface area (Å²) in [6.07, 6.45) is 0. The van der Waals surface area contributed by atoms with Crippen molar-refractivity contribution in [2.45, 2.75) is 13.0 Å². The van der Waals surface area contributed by atoms with Crippen molar-refractivity contribution >= 4 is 0 Å². The smallest absolute Gasteiger partial charge is 0.231 e. The van der Waals surface area contributed by atoms with Crippen LogP contribution in [0.4, 0.5) is 0 Å². The van der Waals surface area contributed by atoms with E-state index in [9.17, 15) is 0 Å². The Kier molecular flexibility index (Phi) is 2.69. The Hall–Kier alpha value is -1.30. The zero-order chi connectivity index (χ0) is 12.8. The third-order valence-corrected chi connectivity index (χ3v) is 3.94. The van der Waals surface area contributed by atoms with E-state index in [-0.39, 0.29) is 18.2 Å². The lowest BCUT2D eigenvalue weighted by Gasteiger charge is -2.45. The van der Waals surface area contributed by atoms with Gasteiger partial charge >= 0.3 is 0 Å². The summed E-state index contributed by atoms with van der Waals surface area (Å²) in [4.78, 5) is 0. The van der Waals surface area contributed by atoms with Crippen molar-refractivity contribution in [2.24, 2.45) is 16.9 Å². The molecule has 1 unspecified atom stereocenters. The lowest BCUT2D eigenvalue weighted by Crippen LogP contribution is -2.55. The van der Waals surface area contributed by atoms with E-state index in [1.807, 2.05) is 19.1 Å². The monoisotopic (exact) mass is 250 g/mol. The van der Waals surface area contributed by atoms with E-state index in [1.165, 1.54) is 0 Å². The van der Waals surface area contributed by atoms with Gasteiger partial charge < -0.3 is 25.7 Å². The molecular weight excluding hydrogens is 232 g/mol. The predicted molar refractivity (Wildman–Crippen MR) is 66.5 cm³/mol. The Balaban J connectivity index is 1.96. The maximum atomic E-state index is 6.38. The summed E-state index contributed by atoms with van der Waals surface area (Å²) >= 11 is 0. The molecule has 18 heavy (non-hydrogen) atoms. The molecule has 0 spiro atoms. The third-order valence-electron chi connectivity index (χ3n) is 3.94. The number of hydrogen-bond acceptors (Lipinski definition) is 5. The van der Waals surface area contributed by atoms with E-state index in [1.54, 1.807) is 0 Å². The molecule has 5 heteroatoms. The van der Waals surface area contributed by atoms with Gasteiger partial charge in [-0.25, -0.2) is 0 Å². The SMILES string of the molecule is Cc1cc2c(cc1C(N)C1(CN)COC1)OCO2. The molecule has 2 aliphatic heterocycles. The number of benzene rings is 1. The number of aryl methyl sites for hydroxylation is 1. The van der Waals surface area contributed by atoms with Crippen LogP contribution in [0, 0.1) is 12.3 Å². The highest BCUT2D eigenvalue weighted by molar-refractivity contribution is 5.49. The molecule has 0 radical (unpaired) electrons. The van der Waals surface area contributed by atoms with Crippen molar-refractivity contribution in [2.75, 3.05) is 26.6 Å². The Bertz CT molecular complexity index is 466. The molecule has 3 rings (SSSR count). The zero-order valence-electron chi connectivity index (χ0n) is 10.4. The van der Waals surface area contributed by atoms with Crippen molar-refractivity contribution < 1.29 is 14.2 Å². The summed E-state index contributed by atoms with van der Waals surface area (Å²) in [6.45, 7) is 4.08. The third kappa shape index (κ3) is 1.59. The largest absolute Gasteiger partial charge is 0.454 e. The van der Waals surface area contributed by atoms with Crippen LogP contribution in [-0.2, 0) is 4.74 Å². The second kappa shape index (κ2) is 4.12. The van der Waals surface area contributed by atoms with Crippen LogP contribution < -0.4 is 20.9 Å². The first-order chi connectivity index (χ1) is 8.66. The summed E-state index contributed by atoms with van der Waals surface area (Å²) in [5, 5.41) is 0. The molecule has 98 valence electrons. The highest BCUT2D eigenvalue weighted by Crippen LogP contribution is 2.43. The van der Waals surface area contributed by atoms with Crippen LogP contribution in [0.15, 0.2) is 12.1 Å². The highest BCUT2D eigenvalue weighted by Gasteiger charge is 2.44. The molecule has 1 aromatic carbocycles. The summed E-state index contributed by atoms with van der Waals surface area (Å²) in [7, 11) is 0. The van der Waals surface area contributed by atoms with Crippen LogP contribution in [-0.4, -0.2) is 26.6 Å². The van der Waals surface area contributed by atoms with Gasteiger partial charge in [-0.1, -0.05) is 0 Å². The van der Waals surface area contributed by atoms with Gasteiger partial charge in [0.15, 0.2) is 11.5 Å². The van der Waals surface area contributed by atoms with E-state index >= 15 is 0 Å². The van der Waals surface area contributed by atoms with Gasteiger partial charge in [0.1, 0.15) is 0 Å². The second-order valence-corrected chi connectivity index (χ2v) is 5.10. The molecule has 2 aliphatic rings. The Labute approximate surface area is 106 Å². The first-order valence-corrected chi connectivity index (χ1v) is 6.10. The quantitative estimate of drug-likeness (QED) is 0.825. The van der Waals surface area contributed by atoms with Crippen molar-refractivity contribution in [1.29, 1.82) is 0 Å². The van der Waals surface area contributed by atoms with E-state index < -0.39 is 0 Å². The van der Waals surface area contributed by atoms with E-state index in [2.05, 4.69) is 0 Å². The van der Waals surface area contributed by atoms with E-state index in [0.717, 1.165) is 22.6 Å². The topological polar surface area (TPSA) is 79.7 Å². The number of rotatable bonds is 3. The number of ether oxygens (including phenoxy) is 3. The van der Waals surface area contributed by atoms with Gasteiger partial charge in [-0.15, -0.1) is 0 Å². The molecule has 0 aromatic heterocycles. The molecule has 1 saturated heterocycles. The number of hydrogen-bond donors (Lipinski definition) is 2. The summed E-state index contributed by atoms with van der Waals surface area (Å²) < 4.78 is 16.0. The standard InChI is InChI=1S/C13H18N2O3/c1-8-2-10-11(18-7-17-10)3-9(8)12(15)13(4-14)5-16-6-13/h2-3,12H,4-7,14-15H2,1H3. The van der Waals surface area contributed by atoms with Crippen LogP contribution in [0.25, 0.3) is 0 Å². The lowest BCUT2D eigenvalue weighted by molar-refractivity contribution is -0.121. The van der Waals surface area contributed by atoms with Gasteiger partial charge in [0.25, 0.3) is 0 Å². The average molecular weight is 250 g/mol. The van der Waals surface area contributed by atoms with Crippen molar-refractivity contribution in [3.8, 4) is 11.5 Å². The minimum Gasteiger partial charge on any atom is -0.454 e. The van der Waals surface area contributed by atoms with Crippen LogP contribution in [0.3, 0.4) is 0 Å². The number of fused-ring (bicyclic) bond motifs is 1. The van der Waals surface area contributed by atoms with Gasteiger partial charge in [-0.2, -0.15) is 0 Å². The van der Waals surface area contributed by atoms with Gasteiger partial charge in [0.05, 0.1) is 13.2 Å². The minimum absolute atomic E-state index is 0.134. The molecule has 5 nitrogen and oxygen atoms in total. The van der Waals surface area contributed by atoms with Gasteiger partial charge in [-0.05, 0) is 30.2 Å². The lowest BCUT2D eigenvalue weighted by atomic mass is 9.74. The zero-order valence-corrected chi connectivity index (χ0v) is 10.4. The molecular formula is C13H18N2O3. The molecule has 2 heterocycles. The summed E-state index contributed by atoms with van der Waals surface area (Å²) in [6, 6.07) is 3.81. The van der Waals surface area contributed by atoms with Crippen LogP contribution in [0.2, 0.25) is 0 Å². The van der Waals surface area contributed by atoms with Crippen molar-refractivity contribution in [3.63, 3.8) is 0 Å². The first-order valence-electron chi connectivity index (χ1n) is 6.10. The highest BCUT2D eigenvalue weighted by atomic mass is 16.7. The average Bonchev–Trinajstić information content (AvgIpc) is 2.74. The fraction of sp³-hybridized carbons (Fsp3) is 0.538. The predicted octanol–water partition coefficient (Wildman–Crippen LogP) is 0.699. The molecule has 0 saturated carbocycles. The van der Waals surface area contributed by atoms with Gasteiger partial charge in [0, 0.05) is 18.0 Å². The molecule has 0 aliphatic carbocycles. The van der Waals surface area contributed by atoms with Crippen LogP contribution in [0.5, 0.6) is 11.5 Å². The fourth-order valence-corrected chi connectivity index (χ4v) is 2.51. The Morgan fingerprint density at radius 1 is 1.28 bits per heavy atom. The summed E-state index contributed by atoms with van der Waals surface area (Å²) in [5.41, 5.74) is 14.3. The maximum Gasteiger partial charge on any atom is 0.231 e. The number of nitrogens with two attached hydrogens (primary N) is 2. The van der Waals surface area contributed by atoms with Crippen LogP contribution in [0.1, 0.15) is 17.2 Å². The molecule has 4 N–H and O–H groups in total. The van der Waals surface area contributed by atoms with Crippen molar-refractivity contribution in [1.82, 2.24) is 0 Å². The first kappa shape index (κ1) is 11.8.